The Morgan fingerprint density at radius 2 is 2.50 bits per heavy atom. The molecule has 0 aromatic rings. The number of hydrogen-bond donors (Lipinski definition) is 0. The molecule has 10 heavy (non-hydrogen) atoms. The Labute approximate surface area is 59.9 Å². The first-order valence-corrected chi connectivity index (χ1v) is 3.47. The van der Waals surface area contributed by atoms with E-state index in [0.29, 0.717) is 0 Å². The molecular weight excluding hydrogens is 126 g/mol. The van der Waals surface area contributed by atoms with Gasteiger partial charge in [-0.2, -0.15) is 0 Å². The van der Waals surface area contributed by atoms with Gasteiger partial charge in [-0.15, -0.1) is 0 Å². The van der Waals surface area contributed by atoms with Gasteiger partial charge in [0.05, 0.1) is 6.26 Å². The first-order chi connectivity index (χ1) is 4.97. The van der Waals surface area contributed by atoms with Crippen LogP contribution >= 0.6 is 0 Å². The van der Waals surface area contributed by atoms with Gasteiger partial charge in [0, 0.05) is 12.6 Å². The molecule has 2 heterocycles. The number of allylic oxidation sites excluding steroid dienone is 1. The number of nitrogens with zero attached hydrogens (tertiary/aromatic N) is 1. The maximum atomic E-state index is 5.29. The average molecular weight is 135 g/mol. The normalized spacial score (nSPS) is 35.2. The molecule has 2 atom stereocenters. The minimum Gasteiger partial charge on any atom is -0.495 e. The summed E-state index contributed by atoms with van der Waals surface area (Å²) in [5.74, 6) is 0. The van der Waals surface area contributed by atoms with Crippen molar-refractivity contribution in [2.24, 2.45) is 4.99 Å². The zero-order valence-corrected chi connectivity index (χ0v) is 5.60. The summed E-state index contributed by atoms with van der Waals surface area (Å²) in [5, 5.41) is 0. The first kappa shape index (κ1) is 5.71. The quantitative estimate of drug-likeness (QED) is 0.531. The van der Waals surface area contributed by atoms with Gasteiger partial charge in [-0.1, -0.05) is 6.08 Å². The molecule has 0 spiro atoms. The van der Waals surface area contributed by atoms with E-state index in [9.17, 15) is 0 Å². The van der Waals surface area contributed by atoms with Crippen molar-refractivity contribution in [1.82, 2.24) is 0 Å². The monoisotopic (exact) mass is 135 g/mol. The van der Waals surface area contributed by atoms with Gasteiger partial charge in [-0.05, 0) is 12.2 Å². The van der Waals surface area contributed by atoms with E-state index in [1.54, 1.807) is 6.26 Å². The predicted octanol–water partition coefficient (Wildman–Crippen LogP) is 1.30. The van der Waals surface area contributed by atoms with E-state index >= 15 is 0 Å². The van der Waals surface area contributed by atoms with Crippen molar-refractivity contribution in [2.45, 2.75) is 18.6 Å². The van der Waals surface area contributed by atoms with Gasteiger partial charge in [-0.25, -0.2) is 0 Å². The van der Waals surface area contributed by atoms with Crippen LogP contribution < -0.4 is 0 Å². The lowest BCUT2D eigenvalue weighted by Crippen LogP contribution is -2.19. The lowest BCUT2D eigenvalue weighted by molar-refractivity contribution is 0.159. The van der Waals surface area contributed by atoms with E-state index in [0.717, 1.165) is 6.42 Å². The van der Waals surface area contributed by atoms with Crippen molar-refractivity contribution in [3.8, 4) is 0 Å². The highest BCUT2D eigenvalue weighted by molar-refractivity contribution is 5.74. The second-order valence-corrected chi connectivity index (χ2v) is 2.46. The Bertz CT molecular complexity index is 185. The van der Waals surface area contributed by atoms with E-state index in [1.807, 2.05) is 18.4 Å². The number of aliphatic imine (C=N–C) groups is 1. The molecule has 0 radical (unpaired) electrons. The lowest BCUT2D eigenvalue weighted by atomic mass is 10.1. The zero-order chi connectivity index (χ0) is 6.81. The Morgan fingerprint density at radius 3 is 3.10 bits per heavy atom. The highest BCUT2D eigenvalue weighted by Crippen LogP contribution is 2.17. The molecule has 2 heteroatoms. The minimum atomic E-state index is 0.259. The number of hydrogen-bond acceptors (Lipinski definition) is 2. The molecule has 2 rings (SSSR count). The number of rotatable bonds is 1. The maximum absolute atomic E-state index is 5.29. The van der Waals surface area contributed by atoms with Crippen molar-refractivity contribution in [3.05, 3.63) is 24.5 Å². The van der Waals surface area contributed by atoms with Gasteiger partial charge in [-0.3, -0.25) is 4.99 Å². The molecule has 0 aromatic carbocycles. The molecule has 0 bridgehead atoms. The fraction of sp³-hybridized carbons (Fsp3) is 0.375. The molecule has 0 saturated carbocycles. The van der Waals surface area contributed by atoms with Crippen molar-refractivity contribution in [3.63, 3.8) is 0 Å². The summed E-state index contributed by atoms with van der Waals surface area (Å²) in [6, 6.07) is 0.259. The van der Waals surface area contributed by atoms with E-state index in [2.05, 4.69) is 11.1 Å². The predicted molar refractivity (Wildman–Crippen MR) is 40.1 cm³/mol. The summed E-state index contributed by atoms with van der Waals surface area (Å²) in [6.07, 6.45) is 10.9. The molecule has 0 saturated heterocycles. The standard InChI is InChI=1S/C8H9NO/c1-3-7(9-5-1)8-4-2-6-10-8/h1-3,5-8H,4H2. The highest BCUT2D eigenvalue weighted by Gasteiger charge is 2.21. The maximum Gasteiger partial charge on any atom is 0.127 e. The second kappa shape index (κ2) is 2.29. The summed E-state index contributed by atoms with van der Waals surface area (Å²) in [4.78, 5) is 4.22. The summed E-state index contributed by atoms with van der Waals surface area (Å²) in [5.41, 5.74) is 0. The van der Waals surface area contributed by atoms with Crippen LogP contribution in [0.2, 0.25) is 0 Å². The molecule has 2 unspecified atom stereocenters. The fourth-order valence-corrected chi connectivity index (χ4v) is 1.20. The zero-order valence-electron chi connectivity index (χ0n) is 5.60. The number of ether oxygens (including phenoxy) is 1. The summed E-state index contributed by atoms with van der Waals surface area (Å²) >= 11 is 0. The van der Waals surface area contributed by atoms with Crippen LogP contribution in [0.5, 0.6) is 0 Å². The van der Waals surface area contributed by atoms with Crippen molar-refractivity contribution < 1.29 is 4.74 Å². The van der Waals surface area contributed by atoms with Crippen LogP contribution in [0.4, 0.5) is 0 Å². The van der Waals surface area contributed by atoms with E-state index in [-0.39, 0.29) is 12.1 Å². The molecule has 2 aliphatic heterocycles. The summed E-state index contributed by atoms with van der Waals surface area (Å²) in [6.45, 7) is 0. The molecular formula is C8H9NO. The van der Waals surface area contributed by atoms with E-state index in [1.165, 1.54) is 0 Å². The summed E-state index contributed by atoms with van der Waals surface area (Å²) in [7, 11) is 0. The average Bonchev–Trinajstić information content (AvgIpc) is 2.59. The molecule has 0 aromatic heterocycles. The Balaban J connectivity index is 2.00. The van der Waals surface area contributed by atoms with Crippen LogP contribution in [0, 0.1) is 0 Å². The van der Waals surface area contributed by atoms with Gasteiger partial charge in [0.1, 0.15) is 12.1 Å². The third-order valence-electron chi connectivity index (χ3n) is 1.75. The van der Waals surface area contributed by atoms with Gasteiger partial charge in [0.25, 0.3) is 0 Å². The van der Waals surface area contributed by atoms with Crippen LogP contribution in [-0.4, -0.2) is 18.4 Å². The molecule has 0 aliphatic carbocycles. The molecule has 2 aliphatic rings. The van der Waals surface area contributed by atoms with Crippen LogP contribution in [0.3, 0.4) is 0 Å². The molecule has 0 amide bonds. The van der Waals surface area contributed by atoms with Crippen molar-refractivity contribution in [1.29, 1.82) is 0 Å². The minimum absolute atomic E-state index is 0.259. The van der Waals surface area contributed by atoms with Crippen LogP contribution in [0.25, 0.3) is 0 Å². The SMILES string of the molecule is C1=CC(C2CC=CO2)N=C1. The van der Waals surface area contributed by atoms with Gasteiger partial charge in [0.2, 0.25) is 0 Å². The van der Waals surface area contributed by atoms with Gasteiger partial charge in [0.15, 0.2) is 0 Å². The van der Waals surface area contributed by atoms with Crippen LogP contribution in [-0.2, 0) is 4.74 Å². The van der Waals surface area contributed by atoms with Gasteiger partial charge < -0.3 is 4.74 Å². The van der Waals surface area contributed by atoms with Gasteiger partial charge >= 0.3 is 0 Å². The van der Waals surface area contributed by atoms with E-state index < -0.39 is 0 Å². The lowest BCUT2D eigenvalue weighted by Gasteiger charge is -2.12. The highest BCUT2D eigenvalue weighted by atomic mass is 16.5. The van der Waals surface area contributed by atoms with Crippen molar-refractivity contribution >= 4 is 6.21 Å². The third-order valence-corrected chi connectivity index (χ3v) is 1.75. The Morgan fingerprint density at radius 1 is 1.50 bits per heavy atom. The topological polar surface area (TPSA) is 21.6 Å². The van der Waals surface area contributed by atoms with Crippen LogP contribution in [0.1, 0.15) is 6.42 Å². The smallest absolute Gasteiger partial charge is 0.127 e. The van der Waals surface area contributed by atoms with E-state index in [4.69, 9.17) is 4.74 Å². The largest absolute Gasteiger partial charge is 0.495 e. The fourth-order valence-electron chi connectivity index (χ4n) is 1.20. The Kier molecular flexibility index (Phi) is 1.31. The molecule has 0 fully saturated rings. The third kappa shape index (κ3) is 0.856. The second-order valence-electron chi connectivity index (χ2n) is 2.46. The molecule has 2 nitrogen and oxygen atoms in total. The first-order valence-electron chi connectivity index (χ1n) is 3.47. The van der Waals surface area contributed by atoms with Crippen molar-refractivity contribution in [2.75, 3.05) is 0 Å². The molecule has 52 valence electrons. The van der Waals surface area contributed by atoms with Crippen LogP contribution in [0.15, 0.2) is 29.5 Å². The molecule has 0 N–H and O–H groups in total. The summed E-state index contributed by atoms with van der Waals surface area (Å²) < 4.78 is 5.29. The Hall–Kier alpha value is -1.05.